The molecule has 0 atom stereocenters. The first kappa shape index (κ1) is 51.8. The van der Waals surface area contributed by atoms with Gasteiger partial charge >= 0.3 is 0 Å². The van der Waals surface area contributed by atoms with Crippen LogP contribution >= 0.6 is 0 Å². The Balaban J connectivity index is 0.000000316. The van der Waals surface area contributed by atoms with Crippen molar-refractivity contribution < 1.29 is 4.74 Å². The summed E-state index contributed by atoms with van der Waals surface area (Å²) in [6.07, 6.45) is 18.8. The van der Waals surface area contributed by atoms with E-state index >= 15 is 0 Å². The molecule has 7 rings (SSSR count). The van der Waals surface area contributed by atoms with Crippen LogP contribution in [-0.2, 0) is 4.74 Å². The first-order valence-corrected chi connectivity index (χ1v) is 23.9. The van der Waals surface area contributed by atoms with E-state index < -0.39 is 0 Å². The maximum atomic E-state index is 5.00. The summed E-state index contributed by atoms with van der Waals surface area (Å²) in [5, 5.41) is 0. The second-order valence-electron chi connectivity index (χ2n) is 19.7. The highest BCUT2D eigenvalue weighted by atomic mass is 16.5. The fourth-order valence-corrected chi connectivity index (χ4v) is 7.82. The van der Waals surface area contributed by atoms with Crippen molar-refractivity contribution in [1.82, 2.24) is 24.5 Å². The average Bonchev–Trinajstić information content (AvgIpc) is 3.51. The lowest BCUT2D eigenvalue weighted by Gasteiger charge is -2.34. The Morgan fingerprint density at radius 3 is 0.667 bits per heavy atom. The van der Waals surface area contributed by atoms with Crippen molar-refractivity contribution in [3.8, 4) is 0 Å². The number of rotatable bonds is 7. The molecule has 7 aliphatic rings. The van der Waals surface area contributed by atoms with Crippen LogP contribution in [0.5, 0.6) is 0 Å². The molecule has 1 aliphatic carbocycles. The van der Waals surface area contributed by atoms with E-state index in [-0.39, 0.29) is 0 Å². The molecule has 1 saturated carbocycles. The quantitative estimate of drug-likeness (QED) is 0.240. The van der Waals surface area contributed by atoms with Crippen molar-refractivity contribution in [2.24, 2.45) is 23.7 Å². The molecular formula is C48H101N5O. The van der Waals surface area contributed by atoms with E-state index in [2.05, 4.69) is 121 Å². The van der Waals surface area contributed by atoms with Gasteiger partial charge in [0.05, 0.1) is 13.2 Å². The minimum Gasteiger partial charge on any atom is -0.381 e. The van der Waals surface area contributed by atoms with Crippen molar-refractivity contribution >= 4 is 0 Å². The maximum absolute atomic E-state index is 5.00. The van der Waals surface area contributed by atoms with Crippen LogP contribution in [0.2, 0.25) is 0 Å². The summed E-state index contributed by atoms with van der Waals surface area (Å²) in [5.41, 5.74) is 0. The van der Waals surface area contributed by atoms with Gasteiger partial charge in [-0.3, -0.25) is 4.90 Å². The Labute approximate surface area is 341 Å². The minimum absolute atomic E-state index is 0.769. The minimum atomic E-state index is 0.769. The third-order valence-electron chi connectivity index (χ3n) is 12.9. The zero-order chi connectivity index (χ0) is 40.5. The standard InChI is InChI=1S/2C8H17N.C8H16.C7H15N.C6H13N.C6H12O.C5H11N/c2*1-8(2)9-6-4-3-5-7-9;2*1-7(2)8-5-3-4-6-8;1-6(2)7-4-3-5-7;1-5(2)6-3-7-4-6;1-5(2)6-3-4-6/h2*8H,3-7H2,1-2H3;7-8H,3-6H2,1-2H3;7H,3-6H2,1-2H3;6H,3-5H2,1-2H3;5-6H,3-4H2,1-2H3;5H,3-4H2,1-2H3. The van der Waals surface area contributed by atoms with E-state index in [1.807, 2.05) is 0 Å². The summed E-state index contributed by atoms with van der Waals surface area (Å²) < 4.78 is 5.00. The van der Waals surface area contributed by atoms with Gasteiger partial charge < -0.3 is 24.3 Å². The number of nitrogens with zero attached hydrogens (tertiary/aromatic N) is 5. The Morgan fingerprint density at radius 1 is 0.296 bits per heavy atom. The molecule has 0 aromatic rings. The monoisotopic (exact) mass is 764 g/mol. The third kappa shape index (κ3) is 25.2. The van der Waals surface area contributed by atoms with Gasteiger partial charge in [0.15, 0.2) is 0 Å². The molecule has 324 valence electrons. The van der Waals surface area contributed by atoms with Crippen molar-refractivity contribution in [2.75, 3.05) is 78.7 Å². The Kier molecular flexibility index (Phi) is 29.5. The summed E-state index contributed by atoms with van der Waals surface area (Å²) in [6, 6.07) is 3.90. The molecule has 0 bridgehead atoms. The second kappa shape index (κ2) is 30.8. The number of ether oxygens (including phenoxy) is 1. The van der Waals surface area contributed by atoms with Gasteiger partial charge in [0.1, 0.15) is 0 Å². The Bertz CT molecular complexity index is 749. The summed E-state index contributed by atoms with van der Waals surface area (Å²) in [4.78, 5) is 12.5. The summed E-state index contributed by atoms with van der Waals surface area (Å²) in [7, 11) is 0. The molecule has 0 N–H and O–H groups in total. The largest absolute Gasteiger partial charge is 0.381 e. The van der Waals surface area contributed by atoms with Gasteiger partial charge in [-0.2, -0.15) is 0 Å². The highest BCUT2D eigenvalue weighted by Gasteiger charge is 2.21. The molecule has 0 spiro atoms. The number of hydrogen-bond donors (Lipinski definition) is 0. The van der Waals surface area contributed by atoms with Crippen molar-refractivity contribution in [3.63, 3.8) is 0 Å². The zero-order valence-electron chi connectivity index (χ0n) is 39.5. The van der Waals surface area contributed by atoms with E-state index in [9.17, 15) is 0 Å². The molecule has 6 nitrogen and oxygen atoms in total. The smallest absolute Gasteiger partial charge is 0.0518 e. The van der Waals surface area contributed by atoms with E-state index in [0.717, 1.165) is 67.1 Å². The van der Waals surface area contributed by atoms with Gasteiger partial charge in [-0.05, 0) is 184 Å². The highest BCUT2D eigenvalue weighted by Crippen LogP contribution is 2.30. The molecule has 7 fully saturated rings. The predicted molar refractivity (Wildman–Crippen MR) is 241 cm³/mol. The van der Waals surface area contributed by atoms with Gasteiger partial charge in [0, 0.05) is 49.2 Å². The molecule has 0 radical (unpaired) electrons. The molecule has 54 heavy (non-hydrogen) atoms. The zero-order valence-corrected chi connectivity index (χ0v) is 39.5. The molecule has 6 aliphatic heterocycles. The van der Waals surface area contributed by atoms with E-state index in [4.69, 9.17) is 4.74 Å². The fourth-order valence-electron chi connectivity index (χ4n) is 7.82. The topological polar surface area (TPSA) is 25.2 Å². The van der Waals surface area contributed by atoms with Crippen LogP contribution in [-0.4, -0.2) is 133 Å². The van der Waals surface area contributed by atoms with Crippen molar-refractivity contribution in [3.05, 3.63) is 0 Å². The molecule has 0 amide bonds. The number of hydrogen-bond acceptors (Lipinski definition) is 6. The third-order valence-corrected chi connectivity index (χ3v) is 12.9. The molecule has 0 unspecified atom stereocenters. The summed E-state index contributed by atoms with van der Waals surface area (Å²) in [5.74, 6) is 3.70. The van der Waals surface area contributed by atoms with Crippen LogP contribution in [0, 0.1) is 23.7 Å². The van der Waals surface area contributed by atoms with E-state index in [0.29, 0.717) is 0 Å². The van der Waals surface area contributed by atoms with E-state index in [1.165, 1.54) is 149 Å². The second-order valence-corrected chi connectivity index (χ2v) is 19.7. The van der Waals surface area contributed by atoms with Crippen LogP contribution in [0.15, 0.2) is 0 Å². The van der Waals surface area contributed by atoms with Crippen molar-refractivity contribution in [2.45, 2.75) is 211 Å². The van der Waals surface area contributed by atoms with E-state index in [1.54, 1.807) is 0 Å². The summed E-state index contributed by atoms with van der Waals surface area (Å²) in [6.45, 7) is 47.1. The van der Waals surface area contributed by atoms with Gasteiger partial charge in [0.2, 0.25) is 0 Å². The molecule has 6 heteroatoms. The number of piperidine rings is 2. The lowest BCUT2D eigenvalue weighted by molar-refractivity contribution is -0.0534. The fraction of sp³-hybridized carbons (Fsp3) is 1.00. The van der Waals surface area contributed by atoms with Gasteiger partial charge in [0.25, 0.3) is 0 Å². The Hall–Kier alpha value is -0.240. The van der Waals surface area contributed by atoms with Crippen LogP contribution in [0.1, 0.15) is 180 Å². The molecule has 0 aromatic heterocycles. The lowest BCUT2D eigenvalue weighted by Crippen LogP contribution is -2.41. The first-order chi connectivity index (χ1) is 25.6. The van der Waals surface area contributed by atoms with Gasteiger partial charge in [-0.15, -0.1) is 0 Å². The molecular weight excluding hydrogens is 663 g/mol. The summed E-state index contributed by atoms with van der Waals surface area (Å²) >= 11 is 0. The number of likely N-dealkylation sites (tertiary alicyclic amines) is 4. The predicted octanol–water partition coefficient (Wildman–Crippen LogP) is 11.2. The van der Waals surface area contributed by atoms with Gasteiger partial charge in [-0.1, -0.05) is 66.2 Å². The lowest BCUT2D eigenvalue weighted by atomic mass is 9.95. The Morgan fingerprint density at radius 2 is 0.556 bits per heavy atom. The highest BCUT2D eigenvalue weighted by molar-refractivity contribution is 4.75. The first-order valence-electron chi connectivity index (χ1n) is 23.9. The molecule has 0 aromatic carbocycles. The van der Waals surface area contributed by atoms with Crippen LogP contribution in [0.25, 0.3) is 0 Å². The van der Waals surface area contributed by atoms with Crippen LogP contribution in [0.3, 0.4) is 0 Å². The SMILES string of the molecule is CC(C)C1CCCC1.CC(C)C1COC1.CC(C)N1CC1.CC(C)N1CCC1.CC(C)N1CCCC1.CC(C)N1CCCCC1.CC(C)N1CCCCC1. The molecule has 6 saturated heterocycles. The normalized spacial score (nSPS) is 22.8. The van der Waals surface area contributed by atoms with Crippen LogP contribution in [0.4, 0.5) is 0 Å². The van der Waals surface area contributed by atoms with Crippen LogP contribution < -0.4 is 0 Å². The maximum Gasteiger partial charge on any atom is 0.0518 e. The molecule has 6 heterocycles. The average molecular weight is 764 g/mol. The van der Waals surface area contributed by atoms with Crippen molar-refractivity contribution in [1.29, 1.82) is 0 Å². The van der Waals surface area contributed by atoms with Gasteiger partial charge in [-0.25, -0.2) is 0 Å².